The topological polar surface area (TPSA) is 75.4 Å². The Morgan fingerprint density at radius 1 is 1.60 bits per heavy atom. The minimum atomic E-state index is -2.32. The lowest BCUT2D eigenvalue weighted by Gasteiger charge is -2.09. The van der Waals surface area contributed by atoms with Crippen molar-refractivity contribution >= 4 is 5.97 Å². The van der Waals surface area contributed by atoms with Gasteiger partial charge in [0.2, 0.25) is 6.17 Å². The summed E-state index contributed by atoms with van der Waals surface area (Å²) in [5.41, 5.74) is 0.165. The van der Waals surface area contributed by atoms with Gasteiger partial charge in [-0.3, -0.25) is 4.68 Å². The molecule has 0 spiro atoms. The lowest BCUT2D eigenvalue weighted by atomic mass is 10.1. The summed E-state index contributed by atoms with van der Waals surface area (Å²) in [6.07, 6.45) is -1.30. The molecular weight excluding hydrogens is 203 g/mol. The maximum Gasteiger partial charge on any atom is 0.341 e. The van der Waals surface area contributed by atoms with Crippen molar-refractivity contribution in [2.24, 2.45) is 0 Å². The monoisotopic (exact) mass is 216 g/mol. The minimum Gasteiger partial charge on any atom is -0.479 e. The number of carbonyl (C=O) groups is 1. The van der Waals surface area contributed by atoms with E-state index in [9.17, 15) is 14.3 Å². The molecule has 0 radical (unpaired) electrons. The summed E-state index contributed by atoms with van der Waals surface area (Å²) in [4.78, 5) is 10.3. The van der Waals surface area contributed by atoms with Crippen molar-refractivity contribution in [3.8, 4) is 0 Å². The van der Waals surface area contributed by atoms with Gasteiger partial charge in [0.25, 0.3) is 0 Å². The van der Waals surface area contributed by atoms with Crippen LogP contribution in [0.15, 0.2) is 12.4 Å². The van der Waals surface area contributed by atoms with E-state index in [2.05, 4.69) is 5.10 Å². The summed E-state index contributed by atoms with van der Waals surface area (Å²) in [6, 6.07) is 0.0776. The number of carboxylic acid groups (broad SMARTS) is 1. The SMILES string of the molecule is CC(C)n1cc(C(O)C(F)C(=O)O)cn1. The van der Waals surface area contributed by atoms with Crippen molar-refractivity contribution in [3.63, 3.8) is 0 Å². The van der Waals surface area contributed by atoms with Crippen LogP contribution in [-0.4, -0.2) is 32.1 Å². The summed E-state index contributed by atoms with van der Waals surface area (Å²) in [5.74, 6) is -1.68. The first-order valence-corrected chi connectivity index (χ1v) is 4.52. The van der Waals surface area contributed by atoms with E-state index in [4.69, 9.17) is 5.11 Å². The Morgan fingerprint density at radius 2 is 2.20 bits per heavy atom. The molecule has 0 amide bonds. The Labute approximate surface area is 86.1 Å². The molecule has 0 aliphatic heterocycles. The van der Waals surface area contributed by atoms with Crippen LogP contribution in [0, 0.1) is 0 Å². The highest BCUT2D eigenvalue weighted by atomic mass is 19.1. The fourth-order valence-corrected chi connectivity index (χ4v) is 1.09. The van der Waals surface area contributed by atoms with Crippen molar-refractivity contribution in [2.75, 3.05) is 0 Å². The van der Waals surface area contributed by atoms with Gasteiger partial charge in [-0.1, -0.05) is 0 Å². The van der Waals surface area contributed by atoms with Crippen LogP contribution < -0.4 is 0 Å². The largest absolute Gasteiger partial charge is 0.479 e. The second kappa shape index (κ2) is 4.39. The number of halogens is 1. The molecule has 0 aliphatic carbocycles. The number of rotatable bonds is 4. The molecule has 1 heterocycles. The number of aliphatic hydroxyl groups excluding tert-OH is 1. The quantitative estimate of drug-likeness (QED) is 0.784. The van der Waals surface area contributed by atoms with Gasteiger partial charge in [0, 0.05) is 17.8 Å². The van der Waals surface area contributed by atoms with Gasteiger partial charge in [0.1, 0.15) is 6.10 Å². The van der Waals surface area contributed by atoms with E-state index in [0.29, 0.717) is 0 Å². The molecule has 2 N–H and O–H groups in total. The number of hydrogen-bond donors (Lipinski definition) is 2. The average Bonchev–Trinajstić information content (AvgIpc) is 2.64. The fourth-order valence-electron chi connectivity index (χ4n) is 1.09. The van der Waals surface area contributed by atoms with Crippen molar-refractivity contribution in [2.45, 2.75) is 32.2 Å². The van der Waals surface area contributed by atoms with Crippen LogP contribution in [0.25, 0.3) is 0 Å². The molecule has 0 fully saturated rings. The van der Waals surface area contributed by atoms with Gasteiger partial charge in [0.05, 0.1) is 6.20 Å². The Morgan fingerprint density at radius 3 is 2.60 bits per heavy atom. The summed E-state index contributed by atoms with van der Waals surface area (Å²) < 4.78 is 14.4. The minimum absolute atomic E-state index is 0.0776. The van der Waals surface area contributed by atoms with Crippen LogP contribution in [0.4, 0.5) is 4.39 Å². The molecule has 84 valence electrons. The molecule has 1 rings (SSSR count). The third kappa shape index (κ3) is 2.53. The highest BCUT2D eigenvalue weighted by Gasteiger charge is 2.28. The highest BCUT2D eigenvalue weighted by molar-refractivity contribution is 5.73. The van der Waals surface area contributed by atoms with Crippen molar-refractivity contribution in [3.05, 3.63) is 18.0 Å². The number of aliphatic hydroxyl groups is 1. The highest BCUT2D eigenvalue weighted by Crippen LogP contribution is 2.19. The van der Waals surface area contributed by atoms with Gasteiger partial charge in [-0.25, -0.2) is 9.18 Å². The van der Waals surface area contributed by atoms with Crippen LogP contribution in [0.2, 0.25) is 0 Å². The third-order valence-electron chi connectivity index (χ3n) is 2.01. The Kier molecular flexibility index (Phi) is 3.41. The molecule has 15 heavy (non-hydrogen) atoms. The molecule has 0 bridgehead atoms. The second-order valence-corrected chi connectivity index (χ2v) is 3.53. The van der Waals surface area contributed by atoms with E-state index >= 15 is 0 Å². The molecule has 0 aromatic carbocycles. The summed E-state index contributed by atoms with van der Waals surface area (Å²) in [7, 11) is 0. The number of hydrogen-bond acceptors (Lipinski definition) is 3. The van der Waals surface area contributed by atoms with Gasteiger partial charge in [0.15, 0.2) is 0 Å². The van der Waals surface area contributed by atoms with Crippen molar-refractivity contribution in [1.29, 1.82) is 0 Å². The van der Waals surface area contributed by atoms with Crippen molar-refractivity contribution in [1.82, 2.24) is 9.78 Å². The van der Waals surface area contributed by atoms with Gasteiger partial charge < -0.3 is 10.2 Å². The zero-order chi connectivity index (χ0) is 11.6. The number of alkyl halides is 1. The maximum absolute atomic E-state index is 12.9. The predicted octanol–water partition coefficient (Wildman–Crippen LogP) is 0.920. The number of aliphatic carboxylic acids is 1. The maximum atomic E-state index is 12.9. The molecule has 1 aromatic rings. The average molecular weight is 216 g/mol. The van der Waals surface area contributed by atoms with Crippen LogP contribution in [0.3, 0.4) is 0 Å². The standard InChI is InChI=1S/C9H13FN2O3/c1-5(2)12-4-6(3-11-12)8(13)7(10)9(14)15/h3-5,7-8,13H,1-2H3,(H,14,15). The number of aromatic nitrogens is 2. The molecule has 0 saturated carbocycles. The first-order chi connectivity index (χ1) is 6.93. The Balaban J connectivity index is 2.82. The first kappa shape index (κ1) is 11.6. The molecule has 5 nitrogen and oxygen atoms in total. The van der Waals surface area contributed by atoms with Crippen LogP contribution in [0.1, 0.15) is 31.6 Å². The molecule has 6 heteroatoms. The summed E-state index contributed by atoms with van der Waals surface area (Å²) in [5, 5.41) is 21.6. The van der Waals surface area contributed by atoms with Gasteiger partial charge in [-0.15, -0.1) is 0 Å². The van der Waals surface area contributed by atoms with Crippen molar-refractivity contribution < 1.29 is 19.4 Å². The van der Waals surface area contributed by atoms with Gasteiger partial charge in [-0.05, 0) is 13.8 Å². The molecule has 0 aliphatic rings. The molecule has 2 unspecified atom stereocenters. The lowest BCUT2D eigenvalue weighted by molar-refractivity contribution is -0.147. The van der Waals surface area contributed by atoms with E-state index < -0.39 is 18.2 Å². The third-order valence-corrected chi connectivity index (χ3v) is 2.01. The number of carboxylic acids is 1. The Bertz CT molecular complexity index is 351. The molecular formula is C9H13FN2O3. The fraction of sp³-hybridized carbons (Fsp3) is 0.556. The zero-order valence-corrected chi connectivity index (χ0v) is 8.46. The molecule has 0 saturated heterocycles. The van der Waals surface area contributed by atoms with E-state index in [0.717, 1.165) is 0 Å². The van der Waals surface area contributed by atoms with E-state index in [1.165, 1.54) is 17.1 Å². The van der Waals surface area contributed by atoms with E-state index in [1.54, 1.807) is 0 Å². The Hall–Kier alpha value is -1.43. The first-order valence-electron chi connectivity index (χ1n) is 4.52. The summed E-state index contributed by atoms with van der Waals surface area (Å²) >= 11 is 0. The van der Waals surface area contributed by atoms with Gasteiger partial charge >= 0.3 is 5.97 Å². The van der Waals surface area contributed by atoms with E-state index in [-0.39, 0.29) is 11.6 Å². The van der Waals surface area contributed by atoms with Gasteiger partial charge in [-0.2, -0.15) is 5.10 Å². The van der Waals surface area contributed by atoms with E-state index in [1.807, 2.05) is 13.8 Å². The lowest BCUT2D eigenvalue weighted by Crippen LogP contribution is -2.22. The van der Waals surface area contributed by atoms with Crippen LogP contribution in [-0.2, 0) is 4.79 Å². The zero-order valence-electron chi connectivity index (χ0n) is 8.46. The van der Waals surface area contributed by atoms with Crippen LogP contribution >= 0.6 is 0 Å². The number of nitrogens with zero attached hydrogens (tertiary/aromatic N) is 2. The van der Waals surface area contributed by atoms with Crippen LogP contribution in [0.5, 0.6) is 0 Å². The normalized spacial score (nSPS) is 15.3. The smallest absolute Gasteiger partial charge is 0.341 e. The molecule has 1 aromatic heterocycles. The predicted molar refractivity (Wildman–Crippen MR) is 50.1 cm³/mol. The summed E-state index contributed by atoms with van der Waals surface area (Å²) in [6.45, 7) is 3.74. The molecule has 2 atom stereocenters. The second-order valence-electron chi connectivity index (χ2n) is 3.53.